The van der Waals surface area contributed by atoms with E-state index >= 15 is 0 Å². The fourth-order valence-electron chi connectivity index (χ4n) is 1.48. The molecular formula is C12H17NO5S. The van der Waals surface area contributed by atoms with Gasteiger partial charge in [0.2, 0.25) is 10.0 Å². The molecule has 2 N–H and O–H groups in total. The summed E-state index contributed by atoms with van der Waals surface area (Å²) < 4.78 is 30.4. The predicted molar refractivity (Wildman–Crippen MR) is 70.0 cm³/mol. The Balaban J connectivity index is 2.69. The Kier molecular flexibility index (Phi) is 5.94. The Labute approximate surface area is 112 Å². The maximum atomic E-state index is 11.4. The second-order valence-corrected chi connectivity index (χ2v) is 5.69. The summed E-state index contributed by atoms with van der Waals surface area (Å²) >= 11 is 0. The van der Waals surface area contributed by atoms with Crippen LogP contribution in [-0.4, -0.2) is 31.9 Å². The maximum absolute atomic E-state index is 11.4. The number of sulfonamides is 1. The molecule has 0 heterocycles. The molecule has 0 saturated heterocycles. The molecule has 0 fully saturated rings. The van der Waals surface area contributed by atoms with Crippen molar-refractivity contribution < 1.29 is 23.1 Å². The number of rotatable bonds is 8. The normalized spacial score (nSPS) is 11.4. The van der Waals surface area contributed by atoms with Gasteiger partial charge in [-0.1, -0.05) is 24.3 Å². The van der Waals surface area contributed by atoms with E-state index in [0.717, 1.165) is 11.1 Å². The van der Waals surface area contributed by atoms with Gasteiger partial charge in [-0.05, 0) is 18.1 Å². The molecule has 7 heteroatoms. The molecule has 1 aromatic carbocycles. The smallest absolute Gasteiger partial charge is 0.320 e. The fraction of sp³-hybridized carbons (Fsp3) is 0.417. The van der Waals surface area contributed by atoms with Crippen LogP contribution in [-0.2, 0) is 32.7 Å². The lowest BCUT2D eigenvalue weighted by atomic mass is 10.1. The van der Waals surface area contributed by atoms with E-state index in [4.69, 9.17) is 9.84 Å². The molecule has 0 amide bonds. The molecule has 106 valence electrons. The fourth-order valence-corrected chi connectivity index (χ4v) is 2.29. The van der Waals surface area contributed by atoms with Crippen molar-refractivity contribution in [2.24, 2.45) is 0 Å². The summed E-state index contributed by atoms with van der Waals surface area (Å²) in [6, 6.07) is 7.24. The van der Waals surface area contributed by atoms with E-state index in [0.29, 0.717) is 13.2 Å². The van der Waals surface area contributed by atoms with Gasteiger partial charge in [0.05, 0.1) is 6.61 Å². The van der Waals surface area contributed by atoms with Crippen LogP contribution in [0.5, 0.6) is 0 Å². The van der Waals surface area contributed by atoms with E-state index in [1.54, 1.807) is 12.1 Å². The van der Waals surface area contributed by atoms with Crippen LogP contribution in [0.25, 0.3) is 0 Å². The van der Waals surface area contributed by atoms with E-state index < -0.39 is 21.7 Å². The molecule has 19 heavy (non-hydrogen) atoms. The van der Waals surface area contributed by atoms with Crippen molar-refractivity contribution in [2.45, 2.75) is 20.1 Å². The molecule has 0 saturated carbocycles. The van der Waals surface area contributed by atoms with Crippen LogP contribution >= 0.6 is 0 Å². The van der Waals surface area contributed by atoms with E-state index in [2.05, 4.69) is 4.72 Å². The van der Waals surface area contributed by atoms with Gasteiger partial charge in [0, 0.05) is 13.2 Å². The van der Waals surface area contributed by atoms with E-state index in [1.165, 1.54) is 0 Å². The molecule has 0 aliphatic carbocycles. The lowest BCUT2D eigenvalue weighted by Gasteiger charge is -2.10. The minimum Gasteiger partial charge on any atom is -0.480 e. The molecule has 1 rings (SSSR count). The third-order valence-corrected chi connectivity index (χ3v) is 3.59. The first-order valence-electron chi connectivity index (χ1n) is 5.78. The Morgan fingerprint density at radius 3 is 2.53 bits per heavy atom. The van der Waals surface area contributed by atoms with Crippen molar-refractivity contribution >= 4 is 16.0 Å². The number of aliphatic carboxylic acids is 1. The molecule has 0 spiro atoms. The second-order valence-electron chi connectivity index (χ2n) is 3.88. The van der Waals surface area contributed by atoms with Gasteiger partial charge in [-0.25, -0.2) is 13.1 Å². The van der Waals surface area contributed by atoms with Crippen molar-refractivity contribution in [3.8, 4) is 0 Å². The third kappa shape index (κ3) is 5.82. The Morgan fingerprint density at radius 2 is 1.95 bits per heavy atom. The average molecular weight is 287 g/mol. The van der Waals surface area contributed by atoms with Crippen LogP contribution in [0.2, 0.25) is 0 Å². The highest BCUT2D eigenvalue weighted by molar-refractivity contribution is 7.90. The Bertz CT molecular complexity index is 527. The summed E-state index contributed by atoms with van der Waals surface area (Å²) in [6.45, 7) is 2.89. The van der Waals surface area contributed by atoms with Gasteiger partial charge in [0.1, 0.15) is 0 Å². The van der Waals surface area contributed by atoms with Crippen LogP contribution < -0.4 is 4.72 Å². The van der Waals surface area contributed by atoms with Crippen LogP contribution in [0.3, 0.4) is 0 Å². The van der Waals surface area contributed by atoms with Gasteiger partial charge in [-0.3, -0.25) is 4.79 Å². The minimum atomic E-state index is -3.81. The van der Waals surface area contributed by atoms with Gasteiger partial charge in [0.15, 0.2) is 5.75 Å². The topological polar surface area (TPSA) is 92.7 Å². The zero-order chi connectivity index (χ0) is 14.3. The largest absolute Gasteiger partial charge is 0.480 e. The second kappa shape index (κ2) is 7.22. The highest BCUT2D eigenvalue weighted by Gasteiger charge is 2.15. The first-order chi connectivity index (χ1) is 8.94. The molecule has 0 radical (unpaired) electrons. The van der Waals surface area contributed by atoms with Crippen LogP contribution in [0.1, 0.15) is 18.1 Å². The zero-order valence-electron chi connectivity index (χ0n) is 10.6. The molecule has 1 aromatic rings. The molecule has 0 bridgehead atoms. The Hall–Kier alpha value is -1.44. The first kappa shape index (κ1) is 15.6. The molecule has 0 aromatic heterocycles. The summed E-state index contributed by atoms with van der Waals surface area (Å²) in [5.41, 5.74) is 1.65. The van der Waals surface area contributed by atoms with Gasteiger partial charge in [0.25, 0.3) is 0 Å². The lowest BCUT2D eigenvalue weighted by molar-refractivity contribution is -0.134. The number of carboxylic acid groups (broad SMARTS) is 1. The van der Waals surface area contributed by atoms with E-state index in [9.17, 15) is 13.2 Å². The average Bonchev–Trinajstić information content (AvgIpc) is 2.33. The Morgan fingerprint density at radius 1 is 1.32 bits per heavy atom. The maximum Gasteiger partial charge on any atom is 0.320 e. The number of carboxylic acids is 1. The third-order valence-electron chi connectivity index (χ3n) is 2.38. The summed E-state index contributed by atoms with van der Waals surface area (Å²) in [5.74, 6) is -2.31. The number of nitrogens with one attached hydrogen (secondary N) is 1. The summed E-state index contributed by atoms with van der Waals surface area (Å²) in [5, 5.41) is 8.48. The van der Waals surface area contributed by atoms with Crippen molar-refractivity contribution in [2.75, 3.05) is 12.4 Å². The van der Waals surface area contributed by atoms with Gasteiger partial charge >= 0.3 is 5.97 Å². The molecule has 0 unspecified atom stereocenters. The van der Waals surface area contributed by atoms with Crippen molar-refractivity contribution in [3.63, 3.8) is 0 Å². The number of ether oxygens (including phenoxy) is 1. The van der Waals surface area contributed by atoms with Crippen molar-refractivity contribution in [3.05, 3.63) is 35.4 Å². The molecule has 6 nitrogen and oxygen atoms in total. The van der Waals surface area contributed by atoms with Gasteiger partial charge < -0.3 is 9.84 Å². The highest BCUT2D eigenvalue weighted by atomic mass is 32.2. The number of hydrogen-bond donors (Lipinski definition) is 2. The van der Waals surface area contributed by atoms with Gasteiger partial charge in [-0.15, -0.1) is 0 Å². The number of benzene rings is 1. The minimum absolute atomic E-state index is 0.0544. The quantitative estimate of drug-likeness (QED) is 0.735. The predicted octanol–water partition coefficient (Wildman–Crippen LogP) is 0.727. The standard InChI is InChI=1S/C12H17NO5S/c1-2-18-8-11-6-4-3-5-10(11)7-13-19(16,17)9-12(14)15/h3-6,13H,2,7-9H2,1H3,(H,14,15). The molecule has 0 aliphatic rings. The summed E-state index contributed by atoms with van der Waals surface area (Å²) in [6.07, 6.45) is 0. The summed E-state index contributed by atoms with van der Waals surface area (Å²) in [7, 11) is -3.81. The number of carbonyl (C=O) groups is 1. The zero-order valence-corrected chi connectivity index (χ0v) is 11.4. The van der Waals surface area contributed by atoms with Gasteiger partial charge in [-0.2, -0.15) is 0 Å². The van der Waals surface area contributed by atoms with Crippen LogP contribution in [0.4, 0.5) is 0 Å². The van der Waals surface area contributed by atoms with Crippen LogP contribution in [0, 0.1) is 0 Å². The molecule has 0 atom stereocenters. The van der Waals surface area contributed by atoms with Crippen LogP contribution in [0.15, 0.2) is 24.3 Å². The summed E-state index contributed by atoms with van der Waals surface area (Å²) in [4.78, 5) is 10.4. The van der Waals surface area contributed by atoms with E-state index in [-0.39, 0.29) is 6.54 Å². The number of hydrogen-bond acceptors (Lipinski definition) is 4. The van der Waals surface area contributed by atoms with E-state index in [1.807, 2.05) is 19.1 Å². The monoisotopic (exact) mass is 287 g/mol. The van der Waals surface area contributed by atoms with Crippen molar-refractivity contribution in [1.29, 1.82) is 0 Å². The SMILES string of the molecule is CCOCc1ccccc1CNS(=O)(=O)CC(=O)O. The molecule has 0 aliphatic heterocycles. The van der Waals surface area contributed by atoms with Crippen molar-refractivity contribution in [1.82, 2.24) is 4.72 Å². The lowest BCUT2D eigenvalue weighted by Crippen LogP contribution is -2.29. The highest BCUT2D eigenvalue weighted by Crippen LogP contribution is 2.10. The first-order valence-corrected chi connectivity index (χ1v) is 7.43. The molecular weight excluding hydrogens is 270 g/mol.